The highest BCUT2D eigenvalue weighted by molar-refractivity contribution is 6.42. The maximum absolute atomic E-state index is 6.40. The van der Waals surface area contributed by atoms with E-state index in [1.165, 1.54) is 24.8 Å². The molecular weight excluding hydrogens is 279 g/mol. The molecule has 19 heavy (non-hydrogen) atoms. The third-order valence-electron chi connectivity index (χ3n) is 5.41. The van der Waals surface area contributed by atoms with E-state index in [2.05, 4.69) is 17.0 Å². The molecule has 0 aromatic heterocycles. The van der Waals surface area contributed by atoms with E-state index < -0.39 is 0 Å². The summed E-state index contributed by atoms with van der Waals surface area (Å²) in [5.41, 5.74) is 7.73. The maximum Gasteiger partial charge on any atom is 0.0595 e. The van der Waals surface area contributed by atoms with Gasteiger partial charge in [0.2, 0.25) is 0 Å². The van der Waals surface area contributed by atoms with E-state index >= 15 is 0 Å². The number of nitrogens with zero attached hydrogens (tertiary/aromatic N) is 1. The predicted molar refractivity (Wildman–Crippen MR) is 78.8 cm³/mol. The topological polar surface area (TPSA) is 29.3 Å². The molecule has 102 valence electrons. The number of hydrogen-bond acceptors (Lipinski definition) is 2. The van der Waals surface area contributed by atoms with Crippen LogP contribution >= 0.6 is 23.2 Å². The lowest BCUT2D eigenvalue weighted by molar-refractivity contribution is 0.151. The molecule has 3 saturated heterocycles. The SMILES string of the molecule is NC1CN2C3CCC2C1C(c1ccc(Cl)c(Cl)c1)C3. The highest BCUT2D eigenvalue weighted by Gasteiger charge is 2.54. The quantitative estimate of drug-likeness (QED) is 0.862. The van der Waals surface area contributed by atoms with Crippen LogP contribution in [0, 0.1) is 5.92 Å². The Kier molecular flexibility index (Phi) is 2.86. The first-order valence-electron chi connectivity index (χ1n) is 7.11. The summed E-state index contributed by atoms with van der Waals surface area (Å²) in [5, 5.41) is 1.31. The van der Waals surface area contributed by atoms with Crippen LogP contribution in [0.2, 0.25) is 10.0 Å². The first-order chi connectivity index (χ1) is 9.15. The first-order valence-corrected chi connectivity index (χ1v) is 7.87. The fourth-order valence-corrected chi connectivity index (χ4v) is 4.99. The van der Waals surface area contributed by atoms with Crippen molar-refractivity contribution in [3.8, 4) is 0 Å². The average Bonchev–Trinajstić information content (AvgIpc) is 2.78. The molecule has 3 aliphatic heterocycles. The second-order valence-electron chi connectivity index (χ2n) is 6.25. The molecule has 2 N–H and O–H groups in total. The van der Waals surface area contributed by atoms with Gasteiger partial charge in [0.25, 0.3) is 0 Å². The molecule has 0 spiro atoms. The lowest BCUT2D eigenvalue weighted by Crippen LogP contribution is -2.41. The van der Waals surface area contributed by atoms with E-state index in [-0.39, 0.29) is 0 Å². The molecule has 4 rings (SSSR count). The van der Waals surface area contributed by atoms with Crippen molar-refractivity contribution in [3.05, 3.63) is 33.8 Å². The summed E-state index contributed by atoms with van der Waals surface area (Å²) in [6.07, 6.45) is 3.89. The van der Waals surface area contributed by atoms with Gasteiger partial charge in [-0.3, -0.25) is 4.90 Å². The summed E-state index contributed by atoms with van der Waals surface area (Å²) in [6, 6.07) is 7.86. The number of halogens is 2. The van der Waals surface area contributed by atoms with Gasteiger partial charge in [0.15, 0.2) is 0 Å². The third-order valence-corrected chi connectivity index (χ3v) is 6.15. The van der Waals surface area contributed by atoms with Gasteiger partial charge >= 0.3 is 0 Å². The lowest BCUT2D eigenvalue weighted by Gasteiger charge is -2.38. The van der Waals surface area contributed by atoms with Gasteiger partial charge in [0, 0.05) is 24.7 Å². The smallest absolute Gasteiger partial charge is 0.0595 e. The largest absolute Gasteiger partial charge is 0.326 e. The third kappa shape index (κ3) is 1.77. The Balaban J connectivity index is 1.73. The van der Waals surface area contributed by atoms with Gasteiger partial charge in [0.1, 0.15) is 0 Å². The van der Waals surface area contributed by atoms with E-state index in [4.69, 9.17) is 28.9 Å². The second kappa shape index (κ2) is 4.36. The van der Waals surface area contributed by atoms with Crippen molar-refractivity contribution in [3.63, 3.8) is 0 Å². The van der Waals surface area contributed by atoms with Gasteiger partial charge in [0.05, 0.1) is 10.0 Å². The van der Waals surface area contributed by atoms with Gasteiger partial charge in [-0.1, -0.05) is 29.3 Å². The highest BCUT2D eigenvalue weighted by atomic mass is 35.5. The van der Waals surface area contributed by atoms with Crippen LogP contribution in [0.1, 0.15) is 30.7 Å². The van der Waals surface area contributed by atoms with Gasteiger partial charge < -0.3 is 5.73 Å². The summed E-state index contributed by atoms with van der Waals surface area (Å²) < 4.78 is 0. The molecule has 0 amide bonds. The number of rotatable bonds is 1. The van der Waals surface area contributed by atoms with Gasteiger partial charge in [-0.05, 0) is 48.8 Å². The minimum atomic E-state index is 0.315. The molecule has 3 fully saturated rings. The number of nitrogens with two attached hydrogens (primary N) is 1. The predicted octanol–water partition coefficient (Wildman–Crippen LogP) is 3.27. The summed E-state index contributed by atoms with van der Waals surface area (Å²) >= 11 is 12.2. The van der Waals surface area contributed by atoms with Crippen LogP contribution in [0.4, 0.5) is 0 Å². The number of benzene rings is 1. The maximum atomic E-state index is 6.40. The Morgan fingerprint density at radius 1 is 1.16 bits per heavy atom. The molecule has 1 aromatic carbocycles. The first kappa shape index (κ1) is 12.5. The zero-order valence-corrected chi connectivity index (χ0v) is 12.2. The average molecular weight is 297 g/mol. The van der Waals surface area contributed by atoms with Crippen LogP contribution in [0.15, 0.2) is 18.2 Å². The van der Waals surface area contributed by atoms with Crippen molar-refractivity contribution in [2.24, 2.45) is 11.7 Å². The van der Waals surface area contributed by atoms with E-state index in [0.29, 0.717) is 34.0 Å². The van der Waals surface area contributed by atoms with Gasteiger partial charge in [-0.2, -0.15) is 0 Å². The van der Waals surface area contributed by atoms with E-state index in [9.17, 15) is 0 Å². The second-order valence-corrected chi connectivity index (χ2v) is 7.07. The highest BCUT2D eigenvalue weighted by Crippen LogP contribution is 2.52. The molecule has 4 bridgehead atoms. The molecule has 3 aliphatic rings. The van der Waals surface area contributed by atoms with Crippen molar-refractivity contribution in [2.45, 2.75) is 43.3 Å². The molecule has 6 atom stereocenters. The van der Waals surface area contributed by atoms with E-state index in [1.54, 1.807) is 0 Å². The van der Waals surface area contributed by atoms with Crippen LogP contribution in [0.3, 0.4) is 0 Å². The van der Waals surface area contributed by atoms with Crippen molar-refractivity contribution < 1.29 is 0 Å². The standard InChI is InChI=1S/C15H18Cl2N2/c16-11-3-1-8(5-12(11)17)10-6-9-2-4-14-15(10)13(18)7-19(9)14/h1,3,5,9-10,13-15H,2,4,6-7,18H2. The fraction of sp³-hybridized carbons (Fsp3) is 0.600. The van der Waals surface area contributed by atoms with Gasteiger partial charge in [-0.15, -0.1) is 0 Å². The fourth-order valence-electron chi connectivity index (χ4n) is 4.69. The lowest BCUT2D eigenvalue weighted by atomic mass is 9.76. The summed E-state index contributed by atoms with van der Waals surface area (Å²) in [7, 11) is 0. The minimum Gasteiger partial charge on any atom is -0.326 e. The Labute approximate surface area is 123 Å². The van der Waals surface area contributed by atoms with Crippen LogP contribution < -0.4 is 5.73 Å². The van der Waals surface area contributed by atoms with Crippen molar-refractivity contribution in [1.82, 2.24) is 4.90 Å². The Morgan fingerprint density at radius 3 is 2.79 bits per heavy atom. The number of piperidine rings is 1. The van der Waals surface area contributed by atoms with Crippen LogP contribution in [0.25, 0.3) is 0 Å². The molecule has 0 aliphatic carbocycles. The summed E-state index contributed by atoms with van der Waals surface area (Å²) in [4.78, 5) is 2.66. The Morgan fingerprint density at radius 2 is 2.00 bits per heavy atom. The van der Waals surface area contributed by atoms with Gasteiger partial charge in [-0.25, -0.2) is 0 Å². The molecule has 1 aromatic rings. The molecule has 0 saturated carbocycles. The molecule has 4 heteroatoms. The Hall–Kier alpha value is -0.280. The summed E-state index contributed by atoms with van der Waals surface area (Å²) in [6.45, 7) is 1.08. The molecule has 3 heterocycles. The summed E-state index contributed by atoms with van der Waals surface area (Å²) in [5.74, 6) is 1.15. The van der Waals surface area contributed by atoms with E-state index in [0.717, 1.165) is 12.6 Å². The monoisotopic (exact) mass is 296 g/mol. The molecule has 6 unspecified atom stereocenters. The van der Waals surface area contributed by atoms with Crippen molar-refractivity contribution in [2.75, 3.05) is 6.54 Å². The van der Waals surface area contributed by atoms with Crippen molar-refractivity contribution >= 4 is 23.2 Å². The van der Waals surface area contributed by atoms with E-state index in [1.807, 2.05) is 6.07 Å². The zero-order chi connectivity index (χ0) is 13.1. The van der Waals surface area contributed by atoms with Crippen molar-refractivity contribution in [1.29, 1.82) is 0 Å². The minimum absolute atomic E-state index is 0.315. The Bertz CT molecular complexity index is 519. The van der Waals surface area contributed by atoms with Crippen LogP contribution in [-0.2, 0) is 0 Å². The normalized spacial score (nSPS) is 43.7. The zero-order valence-electron chi connectivity index (χ0n) is 10.7. The molecule has 2 nitrogen and oxygen atoms in total. The van der Waals surface area contributed by atoms with Crippen LogP contribution in [-0.4, -0.2) is 29.6 Å². The molecular formula is C15H18Cl2N2. The van der Waals surface area contributed by atoms with Crippen LogP contribution in [0.5, 0.6) is 0 Å². The molecule has 0 radical (unpaired) electrons. The number of hydrogen-bond donors (Lipinski definition) is 1.